The monoisotopic (exact) mass is 451 g/mol. The number of ether oxygens (including phenoxy) is 2. The van der Waals surface area contributed by atoms with Crippen molar-refractivity contribution >= 4 is 28.5 Å². The molecule has 0 spiro atoms. The number of morpholine rings is 1. The fourth-order valence-corrected chi connectivity index (χ4v) is 3.75. The molecule has 1 atom stereocenters. The van der Waals surface area contributed by atoms with Gasteiger partial charge in [-0.25, -0.2) is 4.98 Å². The van der Waals surface area contributed by atoms with Gasteiger partial charge in [-0.3, -0.25) is 23.9 Å². The summed E-state index contributed by atoms with van der Waals surface area (Å²) in [5.41, 5.74) is 1.81. The molecule has 10 nitrogen and oxygen atoms in total. The van der Waals surface area contributed by atoms with Crippen molar-refractivity contribution in [3.8, 4) is 0 Å². The minimum Gasteiger partial charge on any atom is -0.469 e. The second kappa shape index (κ2) is 10.2. The first-order valence-electron chi connectivity index (χ1n) is 10.6. The lowest BCUT2D eigenvalue weighted by Gasteiger charge is -2.29. The van der Waals surface area contributed by atoms with E-state index in [0.717, 1.165) is 18.8 Å². The maximum atomic E-state index is 12.8. The van der Waals surface area contributed by atoms with Gasteiger partial charge in [-0.2, -0.15) is 0 Å². The number of carbonyl (C=O) groups excluding carboxylic acids is 2. The zero-order valence-corrected chi connectivity index (χ0v) is 18.3. The first kappa shape index (κ1) is 22.4. The Morgan fingerprint density at radius 3 is 2.79 bits per heavy atom. The Morgan fingerprint density at radius 1 is 1.21 bits per heavy atom. The summed E-state index contributed by atoms with van der Waals surface area (Å²) in [6, 6.07) is 8.18. The van der Waals surface area contributed by atoms with Gasteiger partial charge in [0.25, 0.3) is 5.56 Å². The number of para-hydroxylation sites is 1. The number of nitrogens with one attached hydrogen (secondary N) is 1. The molecular formula is C23H25N5O5. The van der Waals surface area contributed by atoms with E-state index in [9.17, 15) is 14.4 Å². The van der Waals surface area contributed by atoms with Crippen molar-refractivity contribution in [1.82, 2.24) is 19.9 Å². The Labute approximate surface area is 190 Å². The van der Waals surface area contributed by atoms with Gasteiger partial charge in [0.1, 0.15) is 6.54 Å². The highest BCUT2D eigenvalue weighted by Gasteiger charge is 2.22. The van der Waals surface area contributed by atoms with Crippen LogP contribution in [0.3, 0.4) is 0 Å². The molecule has 172 valence electrons. The second-order valence-corrected chi connectivity index (χ2v) is 7.67. The number of benzene rings is 1. The Balaban J connectivity index is 1.54. The smallest absolute Gasteiger partial charge is 0.307 e. The molecule has 1 aliphatic heterocycles. The fourth-order valence-electron chi connectivity index (χ4n) is 3.75. The number of hydrogen-bond donors (Lipinski definition) is 1. The normalized spacial score (nSPS) is 14.6. The summed E-state index contributed by atoms with van der Waals surface area (Å²) in [6.07, 6.45) is 4.63. The first-order valence-corrected chi connectivity index (χ1v) is 10.6. The molecule has 0 aliphatic carbocycles. The van der Waals surface area contributed by atoms with Crippen LogP contribution < -0.4 is 15.8 Å². The summed E-state index contributed by atoms with van der Waals surface area (Å²) < 4.78 is 11.5. The van der Waals surface area contributed by atoms with Gasteiger partial charge in [0.05, 0.1) is 61.9 Å². The van der Waals surface area contributed by atoms with E-state index in [2.05, 4.69) is 20.2 Å². The summed E-state index contributed by atoms with van der Waals surface area (Å²) >= 11 is 0. The molecule has 1 amide bonds. The molecule has 4 rings (SSSR count). The minimum absolute atomic E-state index is 0.0681. The molecule has 1 N–H and O–H groups in total. The predicted molar refractivity (Wildman–Crippen MR) is 121 cm³/mol. The number of methoxy groups -OCH3 is 1. The van der Waals surface area contributed by atoms with E-state index in [1.54, 1.807) is 36.7 Å². The van der Waals surface area contributed by atoms with Crippen LogP contribution in [0.4, 0.5) is 5.69 Å². The number of hydrogen-bond acceptors (Lipinski definition) is 8. The number of pyridine rings is 1. The van der Waals surface area contributed by atoms with Crippen molar-refractivity contribution in [3.63, 3.8) is 0 Å². The molecule has 10 heteroatoms. The number of rotatable bonds is 7. The lowest BCUT2D eigenvalue weighted by Crippen LogP contribution is -2.37. The van der Waals surface area contributed by atoms with Gasteiger partial charge < -0.3 is 19.7 Å². The minimum atomic E-state index is -0.664. The third-order valence-electron chi connectivity index (χ3n) is 5.50. The van der Waals surface area contributed by atoms with E-state index < -0.39 is 17.9 Å². The Hall–Kier alpha value is -3.79. The number of fused-ring (bicyclic) bond motifs is 1. The van der Waals surface area contributed by atoms with Crippen LogP contribution in [0.25, 0.3) is 10.9 Å². The maximum Gasteiger partial charge on any atom is 0.307 e. The fraction of sp³-hybridized carbons (Fsp3) is 0.348. The van der Waals surface area contributed by atoms with Gasteiger partial charge >= 0.3 is 5.97 Å². The molecule has 0 saturated carbocycles. The summed E-state index contributed by atoms with van der Waals surface area (Å²) in [6.45, 7) is 2.49. The molecule has 33 heavy (non-hydrogen) atoms. The van der Waals surface area contributed by atoms with Crippen LogP contribution in [0.1, 0.15) is 18.0 Å². The van der Waals surface area contributed by atoms with E-state index >= 15 is 0 Å². The van der Waals surface area contributed by atoms with Crippen LogP contribution in [0, 0.1) is 0 Å². The van der Waals surface area contributed by atoms with Gasteiger partial charge in [-0.05, 0) is 23.8 Å². The molecule has 1 unspecified atom stereocenters. The first-order chi connectivity index (χ1) is 16.0. The van der Waals surface area contributed by atoms with Crippen LogP contribution in [0.15, 0.2) is 53.8 Å². The third kappa shape index (κ3) is 5.35. The van der Waals surface area contributed by atoms with Gasteiger partial charge in [0, 0.05) is 19.3 Å². The zero-order chi connectivity index (χ0) is 23.2. The van der Waals surface area contributed by atoms with Gasteiger partial charge in [-0.1, -0.05) is 12.1 Å². The van der Waals surface area contributed by atoms with E-state index in [1.807, 2.05) is 6.07 Å². The third-order valence-corrected chi connectivity index (χ3v) is 5.50. The number of aromatic nitrogens is 3. The second-order valence-electron chi connectivity index (χ2n) is 7.67. The highest BCUT2D eigenvalue weighted by atomic mass is 16.5. The largest absolute Gasteiger partial charge is 0.469 e. The average Bonchev–Trinajstić information content (AvgIpc) is 2.86. The molecule has 1 aromatic carbocycles. The summed E-state index contributed by atoms with van der Waals surface area (Å²) in [7, 11) is 1.30. The lowest BCUT2D eigenvalue weighted by molar-refractivity contribution is -0.141. The SMILES string of the molecule is COC(=O)CC(NC(=O)Cn1cnc2ccccc2c1=O)c1cncc(N2CCOCC2)c1. The van der Waals surface area contributed by atoms with E-state index in [1.165, 1.54) is 18.0 Å². The highest BCUT2D eigenvalue weighted by molar-refractivity contribution is 5.80. The van der Waals surface area contributed by atoms with Crippen molar-refractivity contribution in [2.24, 2.45) is 0 Å². The van der Waals surface area contributed by atoms with E-state index in [0.29, 0.717) is 29.7 Å². The lowest BCUT2D eigenvalue weighted by atomic mass is 10.0. The molecule has 1 saturated heterocycles. The maximum absolute atomic E-state index is 12.8. The van der Waals surface area contributed by atoms with Crippen molar-refractivity contribution in [2.75, 3.05) is 38.3 Å². The van der Waals surface area contributed by atoms with Crippen molar-refractivity contribution < 1.29 is 19.1 Å². The molecule has 2 aromatic heterocycles. The standard InChI is InChI=1S/C23H25N5O5/c1-32-22(30)11-20(16-10-17(13-24-12-16)27-6-8-33-9-7-27)26-21(29)14-28-15-25-19-5-3-2-4-18(19)23(28)31/h2-5,10,12-13,15,20H,6-9,11,14H2,1H3,(H,26,29). The zero-order valence-electron chi connectivity index (χ0n) is 18.3. The molecule has 0 bridgehead atoms. The number of esters is 1. The Morgan fingerprint density at radius 2 is 2.00 bits per heavy atom. The van der Waals surface area contributed by atoms with Crippen LogP contribution >= 0.6 is 0 Å². The molecule has 3 aromatic rings. The average molecular weight is 451 g/mol. The summed E-state index contributed by atoms with van der Waals surface area (Å²) in [4.78, 5) is 48.3. The highest BCUT2D eigenvalue weighted by Crippen LogP contribution is 2.23. The van der Waals surface area contributed by atoms with Gasteiger partial charge in [0.15, 0.2) is 0 Å². The van der Waals surface area contributed by atoms with Crippen LogP contribution in [-0.2, 0) is 25.6 Å². The van der Waals surface area contributed by atoms with Gasteiger partial charge in [0.2, 0.25) is 5.91 Å². The number of carbonyl (C=O) groups is 2. The molecule has 0 radical (unpaired) electrons. The molecule has 1 fully saturated rings. The molecule has 1 aliphatic rings. The van der Waals surface area contributed by atoms with Crippen LogP contribution in [0.5, 0.6) is 0 Å². The van der Waals surface area contributed by atoms with E-state index in [-0.39, 0.29) is 18.5 Å². The molecule has 3 heterocycles. The van der Waals surface area contributed by atoms with Crippen molar-refractivity contribution in [2.45, 2.75) is 19.0 Å². The predicted octanol–water partition coefficient (Wildman–Crippen LogP) is 1.05. The van der Waals surface area contributed by atoms with Gasteiger partial charge in [-0.15, -0.1) is 0 Å². The quantitative estimate of drug-likeness (QED) is 0.530. The Bertz CT molecular complexity index is 1210. The van der Waals surface area contributed by atoms with Crippen molar-refractivity contribution in [1.29, 1.82) is 0 Å². The number of amides is 1. The topological polar surface area (TPSA) is 116 Å². The van der Waals surface area contributed by atoms with Crippen LogP contribution in [0.2, 0.25) is 0 Å². The van der Waals surface area contributed by atoms with Crippen molar-refractivity contribution in [3.05, 3.63) is 65.0 Å². The summed E-state index contributed by atoms with van der Waals surface area (Å²) in [5, 5.41) is 3.27. The molecular weight excluding hydrogens is 426 g/mol. The van der Waals surface area contributed by atoms with E-state index in [4.69, 9.17) is 9.47 Å². The van der Waals surface area contributed by atoms with Crippen LogP contribution in [-0.4, -0.2) is 59.8 Å². The number of anilines is 1. The summed E-state index contributed by atoms with van der Waals surface area (Å²) in [5.74, 6) is -0.901. The Kier molecular flexibility index (Phi) is 6.94. The number of nitrogens with zero attached hydrogens (tertiary/aromatic N) is 4.